The average Bonchev–Trinajstić information content (AvgIpc) is 3.16. The highest BCUT2D eigenvalue weighted by Crippen LogP contribution is 2.22. The van der Waals surface area contributed by atoms with Crippen LogP contribution in [0.15, 0.2) is 30.7 Å². The zero-order valence-electron chi connectivity index (χ0n) is 13.6. The van der Waals surface area contributed by atoms with Gasteiger partial charge in [0.05, 0.1) is 12.1 Å². The zero-order valence-corrected chi connectivity index (χ0v) is 13.6. The van der Waals surface area contributed by atoms with Crippen LogP contribution in [0.25, 0.3) is 0 Å². The summed E-state index contributed by atoms with van der Waals surface area (Å²) in [5.41, 5.74) is 3.76. The number of urea groups is 1. The molecule has 1 atom stereocenters. The summed E-state index contributed by atoms with van der Waals surface area (Å²) in [7, 11) is 1.66. The van der Waals surface area contributed by atoms with Crippen LogP contribution in [-0.4, -0.2) is 44.8 Å². The Morgan fingerprint density at radius 3 is 2.58 bits per heavy atom. The summed E-state index contributed by atoms with van der Waals surface area (Å²) in [6, 6.07) is 2.01. The van der Waals surface area contributed by atoms with Crippen molar-refractivity contribution in [2.75, 3.05) is 6.54 Å². The van der Waals surface area contributed by atoms with Gasteiger partial charge in [0, 0.05) is 25.6 Å². The van der Waals surface area contributed by atoms with Crippen LogP contribution < -0.4 is 21.7 Å². The molecule has 1 unspecified atom stereocenters. The van der Waals surface area contributed by atoms with Crippen LogP contribution in [0.2, 0.25) is 0 Å². The van der Waals surface area contributed by atoms with Gasteiger partial charge in [0.2, 0.25) is 5.91 Å². The molecule has 0 spiro atoms. The quantitative estimate of drug-likeness (QED) is 0.470. The first kappa shape index (κ1) is 17.1. The highest BCUT2D eigenvalue weighted by atomic mass is 16.2. The molecule has 5 N–H and O–H groups in total. The topological polar surface area (TPSA) is 161 Å². The number of hydrogen-bond acceptors (Lipinski definition) is 6. The minimum Gasteiger partial charge on any atom is -0.366 e. The molecule has 11 heteroatoms. The van der Waals surface area contributed by atoms with Crippen molar-refractivity contribution in [3.8, 4) is 0 Å². The van der Waals surface area contributed by atoms with E-state index >= 15 is 0 Å². The van der Waals surface area contributed by atoms with Gasteiger partial charge in [-0.15, -0.1) is 0 Å². The summed E-state index contributed by atoms with van der Waals surface area (Å²) < 4.78 is 1.57. The minimum absolute atomic E-state index is 0.0229. The van der Waals surface area contributed by atoms with Crippen LogP contribution in [0.5, 0.6) is 0 Å². The number of hydrogen-bond donors (Lipinski definition) is 4. The Balaban J connectivity index is 1.82. The van der Waals surface area contributed by atoms with E-state index in [2.05, 4.69) is 25.9 Å². The number of imide groups is 1. The van der Waals surface area contributed by atoms with Gasteiger partial charge in [-0.2, -0.15) is 0 Å². The minimum atomic E-state index is -1.54. The van der Waals surface area contributed by atoms with Gasteiger partial charge in [-0.05, 0) is 12.1 Å². The van der Waals surface area contributed by atoms with Crippen LogP contribution >= 0.6 is 0 Å². The van der Waals surface area contributed by atoms with Crippen molar-refractivity contribution < 1.29 is 19.2 Å². The van der Waals surface area contributed by atoms with Gasteiger partial charge in [0.25, 0.3) is 11.8 Å². The Morgan fingerprint density at radius 2 is 2.08 bits per heavy atom. The predicted octanol–water partition coefficient (Wildman–Crippen LogP) is -1.62. The monoisotopic (exact) mass is 357 g/mol. The Hall–Kier alpha value is -3.76. The molecular weight excluding hydrogens is 342 g/mol. The van der Waals surface area contributed by atoms with Crippen molar-refractivity contribution in [2.24, 2.45) is 12.8 Å². The van der Waals surface area contributed by atoms with Crippen molar-refractivity contribution in [1.82, 2.24) is 30.5 Å². The molecule has 0 aliphatic carbocycles. The Labute approximate surface area is 147 Å². The number of carbonyl (C=O) groups is 4. The first-order valence-corrected chi connectivity index (χ1v) is 7.49. The number of nitrogens with zero attached hydrogens (tertiary/aromatic N) is 3. The number of nitrogens with one attached hydrogen (secondary N) is 3. The summed E-state index contributed by atoms with van der Waals surface area (Å²) >= 11 is 0. The van der Waals surface area contributed by atoms with Gasteiger partial charge >= 0.3 is 6.03 Å². The summed E-state index contributed by atoms with van der Waals surface area (Å²) in [6.45, 7) is -0.243. The molecule has 134 valence electrons. The molecule has 0 radical (unpaired) electrons. The third kappa shape index (κ3) is 2.85. The van der Waals surface area contributed by atoms with E-state index in [1.165, 1.54) is 24.5 Å². The van der Waals surface area contributed by atoms with Crippen molar-refractivity contribution in [2.45, 2.75) is 5.54 Å². The fraction of sp³-hybridized carbons (Fsp3) is 0.200. The van der Waals surface area contributed by atoms with Crippen LogP contribution in [0.3, 0.4) is 0 Å². The van der Waals surface area contributed by atoms with Gasteiger partial charge < -0.3 is 20.9 Å². The zero-order chi connectivity index (χ0) is 18.9. The highest BCUT2D eigenvalue weighted by Gasteiger charge is 2.50. The lowest BCUT2D eigenvalue weighted by atomic mass is 9.98. The smallest absolute Gasteiger partial charge is 0.322 e. The van der Waals surface area contributed by atoms with Gasteiger partial charge in [-0.3, -0.25) is 24.7 Å². The maximum atomic E-state index is 12.4. The van der Waals surface area contributed by atoms with E-state index in [-0.39, 0.29) is 23.6 Å². The number of aromatic nitrogens is 3. The lowest BCUT2D eigenvalue weighted by Gasteiger charge is -2.25. The lowest BCUT2D eigenvalue weighted by Crippen LogP contribution is -2.54. The maximum absolute atomic E-state index is 12.4. The van der Waals surface area contributed by atoms with Crippen molar-refractivity contribution in [3.63, 3.8) is 0 Å². The molecule has 3 heterocycles. The van der Waals surface area contributed by atoms with Crippen molar-refractivity contribution >= 4 is 23.8 Å². The second kappa shape index (κ2) is 6.27. The average molecular weight is 357 g/mol. The summed E-state index contributed by atoms with van der Waals surface area (Å²) in [6.07, 6.45) is 4.26. The molecule has 5 amide bonds. The Morgan fingerprint density at radius 1 is 1.31 bits per heavy atom. The summed E-state index contributed by atoms with van der Waals surface area (Å²) in [5.74, 6) is -1.63. The molecule has 0 saturated carbocycles. The van der Waals surface area contributed by atoms with Crippen LogP contribution in [0, 0.1) is 0 Å². The second-order valence-electron chi connectivity index (χ2n) is 5.65. The SMILES string of the molecule is Cn1ccnc1C1(CNC(=O)c2ccc(C(N)=O)cn2)NC(=O)NC1=O. The summed E-state index contributed by atoms with van der Waals surface area (Å²) in [5, 5.41) is 7.21. The number of nitrogens with two attached hydrogens (primary N) is 1. The second-order valence-corrected chi connectivity index (χ2v) is 5.65. The first-order chi connectivity index (χ1) is 12.3. The third-order valence-electron chi connectivity index (χ3n) is 3.94. The molecule has 11 nitrogen and oxygen atoms in total. The van der Waals surface area contributed by atoms with E-state index in [1.54, 1.807) is 17.8 Å². The number of carbonyl (C=O) groups excluding carboxylic acids is 4. The van der Waals surface area contributed by atoms with Crippen molar-refractivity contribution in [1.29, 1.82) is 0 Å². The van der Waals surface area contributed by atoms with Crippen LogP contribution in [0.4, 0.5) is 4.79 Å². The molecular formula is C15H15N7O4. The molecule has 1 aliphatic heterocycles. The van der Waals surface area contributed by atoms with E-state index in [4.69, 9.17) is 5.73 Å². The summed E-state index contributed by atoms with van der Waals surface area (Å²) in [4.78, 5) is 55.3. The number of primary amides is 1. The van der Waals surface area contributed by atoms with E-state index in [0.717, 1.165) is 0 Å². The van der Waals surface area contributed by atoms with E-state index in [0.29, 0.717) is 0 Å². The van der Waals surface area contributed by atoms with Gasteiger partial charge in [0.15, 0.2) is 5.54 Å². The molecule has 2 aromatic heterocycles. The standard InChI is InChI=1S/C15H15N7O4/c1-22-5-4-17-12(22)15(13(25)20-14(26)21-15)7-19-11(24)9-3-2-8(6-18-9)10(16)23/h2-6H,7H2,1H3,(H2,16,23)(H,19,24)(H2,20,21,25,26). The van der Waals surface area contributed by atoms with E-state index in [9.17, 15) is 19.2 Å². The first-order valence-electron chi connectivity index (χ1n) is 7.49. The van der Waals surface area contributed by atoms with Crippen molar-refractivity contribution in [3.05, 3.63) is 47.8 Å². The van der Waals surface area contributed by atoms with Crippen LogP contribution in [0.1, 0.15) is 26.7 Å². The number of pyridine rings is 1. The fourth-order valence-corrected chi connectivity index (χ4v) is 2.61. The molecule has 2 aromatic rings. The number of imidazole rings is 1. The van der Waals surface area contributed by atoms with Gasteiger partial charge in [-0.1, -0.05) is 0 Å². The highest BCUT2D eigenvalue weighted by molar-refractivity contribution is 6.07. The van der Waals surface area contributed by atoms with E-state index < -0.39 is 29.3 Å². The predicted molar refractivity (Wildman–Crippen MR) is 86.6 cm³/mol. The lowest BCUT2D eigenvalue weighted by molar-refractivity contribution is -0.124. The van der Waals surface area contributed by atoms with Gasteiger partial charge in [0.1, 0.15) is 11.5 Å². The molecule has 0 bridgehead atoms. The number of amides is 5. The fourth-order valence-electron chi connectivity index (χ4n) is 2.61. The third-order valence-corrected chi connectivity index (χ3v) is 3.94. The maximum Gasteiger partial charge on any atom is 0.322 e. The number of aryl methyl sites for hydroxylation is 1. The van der Waals surface area contributed by atoms with E-state index in [1.807, 2.05) is 0 Å². The number of rotatable bonds is 5. The normalized spacial score (nSPS) is 19.0. The Bertz CT molecular complexity index is 905. The molecule has 1 aliphatic rings. The van der Waals surface area contributed by atoms with Gasteiger partial charge in [-0.25, -0.2) is 9.78 Å². The largest absolute Gasteiger partial charge is 0.366 e. The van der Waals surface area contributed by atoms with Crippen LogP contribution in [-0.2, 0) is 17.4 Å². The molecule has 26 heavy (non-hydrogen) atoms. The molecule has 1 saturated heterocycles. The Kier molecular flexibility index (Phi) is 4.12. The molecule has 3 rings (SSSR count). The molecule has 0 aromatic carbocycles. The molecule has 1 fully saturated rings.